The number of ether oxygens (including phenoxy) is 1. The molecule has 3 aliphatic rings. The number of likely N-dealkylation sites (N-methyl/N-ethyl adjacent to an activating group) is 1. The Kier molecular flexibility index (Phi) is 8.14. The van der Waals surface area contributed by atoms with Crippen LogP contribution >= 0.6 is 11.6 Å². The highest BCUT2D eigenvalue weighted by molar-refractivity contribution is 6.36. The molecule has 242 valence electrons. The normalized spacial score (nSPS) is 22.6. The molecule has 47 heavy (non-hydrogen) atoms. The lowest BCUT2D eigenvalue weighted by molar-refractivity contribution is -0.131. The van der Waals surface area contributed by atoms with Crippen molar-refractivity contribution in [2.45, 2.75) is 43.8 Å². The first kappa shape index (κ1) is 31.1. The maximum absolute atomic E-state index is 16.7. The summed E-state index contributed by atoms with van der Waals surface area (Å²) < 4.78 is 51.3. The molecule has 13 heteroatoms. The number of nitrogens with zero attached hydrogens (tertiary/aromatic N) is 7. The van der Waals surface area contributed by atoms with Crippen LogP contribution in [0.4, 0.5) is 19.0 Å². The van der Waals surface area contributed by atoms with E-state index in [2.05, 4.69) is 34.6 Å². The fourth-order valence-corrected chi connectivity index (χ4v) is 7.77. The average Bonchev–Trinajstić information content (AvgIpc) is 3.67. The van der Waals surface area contributed by atoms with Gasteiger partial charge in [-0.2, -0.15) is 15.2 Å². The van der Waals surface area contributed by atoms with Crippen LogP contribution in [0.25, 0.3) is 32.9 Å². The first-order chi connectivity index (χ1) is 22.7. The number of hydrogen-bond donors (Lipinski definition) is 0. The van der Waals surface area contributed by atoms with Crippen LogP contribution in [0.2, 0.25) is 5.02 Å². The summed E-state index contributed by atoms with van der Waals surface area (Å²) in [6.45, 7) is 3.86. The van der Waals surface area contributed by atoms with E-state index in [0.29, 0.717) is 40.7 Å². The van der Waals surface area contributed by atoms with E-state index in [4.69, 9.17) is 21.3 Å². The number of rotatable bonds is 7. The van der Waals surface area contributed by atoms with Crippen LogP contribution in [-0.2, 0) is 4.79 Å². The van der Waals surface area contributed by atoms with Gasteiger partial charge < -0.3 is 14.5 Å². The monoisotopic (exact) mass is 661 g/mol. The van der Waals surface area contributed by atoms with Gasteiger partial charge in [0.1, 0.15) is 29.5 Å². The van der Waals surface area contributed by atoms with Gasteiger partial charge in [-0.15, -0.1) is 0 Å². The quantitative estimate of drug-likeness (QED) is 0.221. The molecule has 2 saturated heterocycles. The highest BCUT2D eigenvalue weighted by Gasteiger charge is 2.44. The van der Waals surface area contributed by atoms with Crippen molar-refractivity contribution >= 4 is 45.0 Å². The van der Waals surface area contributed by atoms with Gasteiger partial charge in [0.2, 0.25) is 0 Å². The first-order valence-electron chi connectivity index (χ1n) is 15.5. The summed E-state index contributed by atoms with van der Waals surface area (Å²) in [5, 5.41) is 10.6. The molecule has 4 heterocycles. The lowest BCUT2D eigenvalue weighted by atomic mass is 10.00. The number of anilines is 1. The second-order valence-electron chi connectivity index (χ2n) is 12.4. The Morgan fingerprint density at radius 2 is 2.02 bits per heavy atom. The Labute approximate surface area is 274 Å². The molecule has 0 radical (unpaired) electrons. The summed E-state index contributed by atoms with van der Waals surface area (Å²) in [6, 6.07) is 9.96. The molecule has 2 aliphatic heterocycles. The van der Waals surface area contributed by atoms with Gasteiger partial charge in [0.15, 0.2) is 11.6 Å². The van der Waals surface area contributed by atoms with Crippen molar-refractivity contribution in [3.63, 3.8) is 0 Å². The summed E-state index contributed by atoms with van der Waals surface area (Å²) >= 11 is 6.38. The second kappa shape index (κ2) is 12.3. The molecule has 7 rings (SSSR count). The number of piperazine rings is 1. The maximum atomic E-state index is 16.7. The standard InChI is InChI=1S/C34H31ClF3N7O2/c1-18(36)33(46)45-13-12-44(16-22(45)10-11-39)32-24-15-40-30(23-5-3-4-19-7-9-25(37)28(35)27(19)23)29(38)31(24)41-34(42-32)47-17-26-20-6-8-21(14-20)43(26)2/h3-5,7,9,15,20-22,26H,1,6,8,10,12-14,16-17H2,2H3/t20-,21+,22+,26+/m1/s1. The third-order valence-corrected chi connectivity index (χ3v) is 10.3. The molecule has 2 bridgehead atoms. The zero-order valence-electron chi connectivity index (χ0n) is 25.6. The zero-order chi connectivity index (χ0) is 33.0. The van der Waals surface area contributed by atoms with E-state index in [1.165, 1.54) is 17.2 Å². The van der Waals surface area contributed by atoms with Crippen LogP contribution < -0.4 is 9.64 Å². The van der Waals surface area contributed by atoms with E-state index in [1.54, 1.807) is 29.2 Å². The van der Waals surface area contributed by atoms with E-state index in [-0.39, 0.29) is 59.7 Å². The van der Waals surface area contributed by atoms with Crippen molar-refractivity contribution < 1.29 is 22.7 Å². The summed E-state index contributed by atoms with van der Waals surface area (Å²) in [7, 11) is 2.09. The van der Waals surface area contributed by atoms with Crippen LogP contribution in [0.15, 0.2) is 48.9 Å². The van der Waals surface area contributed by atoms with Crippen LogP contribution in [0.3, 0.4) is 0 Å². The third-order valence-electron chi connectivity index (χ3n) is 9.91. The number of aromatic nitrogens is 3. The van der Waals surface area contributed by atoms with Crippen LogP contribution in [-0.4, -0.2) is 82.1 Å². The summed E-state index contributed by atoms with van der Waals surface area (Å²) in [5.74, 6) is -2.59. The predicted molar refractivity (Wildman–Crippen MR) is 172 cm³/mol. The van der Waals surface area contributed by atoms with Crippen molar-refractivity contribution in [3.05, 3.63) is 65.6 Å². The number of halogens is 4. The van der Waals surface area contributed by atoms with E-state index in [1.807, 2.05) is 0 Å². The summed E-state index contributed by atoms with van der Waals surface area (Å²) in [4.78, 5) is 31.6. The van der Waals surface area contributed by atoms with E-state index >= 15 is 4.39 Å². The largest absolute Gasteiger partial charge is 0.462 e. The number of hydrogen-bond acceptors (Lipinski definition) is 8. The van der Waals surface area contributed by atoms with Gasteiger partial charge in [0.05, 0.1) is 28.9 Å². The van der Waals surface area contributed by atoms with Crippen LogP contribution in [0, 0.1) is 28.9 Å². The fourth-order valence-electron chi connectivity index (χ4n) is 7.50. The Morgan fingerprint density at radius 1 is 1.19 bits per heavy atom. The van der Waals surface area contributed by atoms with Gasteiger partial charge in [0, 0.05) is 48.9 Å². The molecular formula is C34H31ClF3N7O2. The second-order valence-corrected chi connectivity index (χ2v) is 12.8. The van der Waals surface area contributed by atoms with E-state index < -0.39 is 29.4 Å². The van der Waals surface area contributed by atoms with Crippen molar-refractivity contribution in [1.82, 2.24) is 24.8 Å². The van der Waals surface area contributed by atoms with Gasteiger partial charge in [-0.25, -0.2) is 13.2 Å². The Morgan fingerprint density at radius 3 is 2.77 bits per heavy atom. The molecule has 3 fully saturated rings. The number of piperidine rings is 1. The lowest BCUT2D eigenvalue weighted by Gasteiger charge is -2.41. The highest BCUT2D eigenvalue weighted by Crippen LogP contribution is 2.42. The predicted octanol–water partition coefficient (Wildman–Crippen LogP) is 6.05. The number of carbonyl (C=O) groups is 1. The van der Waals surface area contributed by atoms with Gasteiger partial charge in [-0.1, -0.05) is 42.4 Å². The molecule has 0 spiro atoms. The molecule has 4 aromatic rings. The Hall–Kier alpha value is -4.47. The summed E-state index contributed by atoms with van der Waals surface area (Å²) in [6.07, 6.45) is 4.78. The van der Waals surface area contributed by atoms with Gasteiger partial charge >= 0.3 is 6.01 Å². The number of likely N-dealkylation sites (tertiary alicyclic amines) is 1. The van der Waals surface area contributed by atoms with Crippen molar-refractivity contribution in [3.8, 4) is 23.3 Å². The average molecular weight is 662 g/mol. The number of amides is 1. The van der Waals surface area contributed by atoms with Crippen molar-refractivity contribution in [2.24, 2.45) is 5.92 Å². The van der Waals surface area contributed by atoms with Crippen molar-refractivity contribution in [2.75, 3.05) is 38.2 Å². The van der Waals surface area contributed by atoms with Crippen LogP contribution in [0.5, 0.6) is 6.01 Å². The fraction of sp³-hybridized carbons (Fsp3) is 0.382. The Bertz CT molecular complexity index is 1970. The third kappa shape index (κ3) is 5.41. The van der Waals surface area contributed by atoms with E-state index in [0.717, 1.165) is 19.3 Å². The minimum Gasteiger partial charge on any atom is -0.462 e. The molecular weight excluding hydrogens is 631 g/mol. The smallest absolute Gasteiger partial charge is 0.319 e. The number of carbonyl (C=O) groups excluding carboxylic acids is 1. The minimum atomic E-state index is -1.11. The lowest BCUT2D eigenvalue weighted by Crippen LogP contribution is -2.55. The molecule has 1 saturated carbocycles. The van der Waals surface area contributed by atoms with E-state index in [9.17, 15) is 18.8 Å². The number of nitriles is 1. The van der Waals surface area contributed by atoms with Crippen LogP contribution in [0.1, 0.15) is 25.7 Å². The molecule has 9 nitrogen and oxygen atoms in total. The number of fused-ring (bicyclic) bond motifs is 4. The zero-order valence-corrected chi connectivity index (χ0v) is 26.4. The number of benzene rings is 2. The molecule has 1 amide bonds. The molecule has 0 unspecified atom stereocenters. The van der Waals surface area contributed by atoms with Crippen molar-refractivity contribution in [1.29, 1.82) is 5.26 Å². The van der Waals surface area contributed by atoms with Gasteiger partial charge in [-0.3, -0.25) is 14.7 Å². The SMILES string of the molecule is C=C(F)C(=O)N1CCN(c2nc(OC[C@H]3[C@@H]4CC[C@@H](C4)N3C)nc3c(F)c(-c4cccc5ccc(F)c(Cl)c45)ncc23)C[C@@H]1CC#N. The van der Waals surface area contributed by atoms with Gasteiger partial charge in [-0.05, 0) is 43.7 Å². The maximum Gasteiger partial charge on any atom is 0.319 e. The molecule has 1 aliphatic carbocycles. The molecule has 0 N–H and O–H groups in total. The Balaban J connectivity index is 1.32. The topological polar surface area (TPSA) is 98.5 Å². The molecule has 4 atom stereocenters. The molecule has 2 aromatic heterocycles. The van der Waals surface area contributed by atoms with Gasteiger partial charge in [0.25, 0.3) is 5.91 Å². The highest BCUT2D eigenvalue weighted by atomic mass is 35.5. The summed E-state index contributed by atoms with van der Waals surface area (Å²) in [5.41, 5.74) is 0.164. The molecule has 2 aromatic carbocycles. The first-order valence-corrected chi connectivity index (χ1v) is 15.9. The number of pyridine rings is 1. The minimum absolute atomic E-state index is 0.0332.